The Bertz CT molecular complexity index is 392. The molecule has 0 aromatic heterocycles. The number of hydrogen-bond acceptors (Lipinski definition) is 7. The third-order valence-corrected chi connectivity index (χ3v) is 4.11. The zero-order valence-corrected chi connectivity index (χ0v) is 20.6. The highest BCUT2D eigenvalue weighted by molar-refractivity contribution is 5.73. The molecule has 1 aliphatic heterocycles. The molecule has 1 aliphatic rings. The molecular formula is C22H49NO7. The van der Waals surface area contributed by atoms with Gasteiger partial charge in [0.25, 0.3) is 0 Å². The number of nitrogens with one attached hydrogen (secondary N) is 1. The maximum Gasteiger partial charge on any atom is 0.217 e. The Kier molecular flexibility index (Phi) is 22.7. The summed E-state index contributed by atoms with van der Waals surface area (Å²) in [6, 6.07) is -0.974. The normalized spacial score (nSPS) is 25.4. The van der Waals surface area contributed by atoms with Gasteiger partial charge in [-0.3, -0.25) is 4.79 Å². The quantitative estimate of drug-likeness (QED) is 0.393. The van der Waals surface area contributed by atoms with E-state index in [1.165, 1.54) is 26.2 Å². The molecule has 5 atom stereocenters. The van der Waals surface area contributed by atoms with E-state index in [0.29, 0.717) is 6.42 Å². The van der Waals surface area contributed by atoms with Crippen molar-refractivity contribution in [3.05, 3.63) is 0 Å². The second-order valence-electron chi connectivity index (χ2n) is 7.14. The Morgan fingerprint density at radius 2 is 1.53 bits per heavy atom. The molecule has 0 radical (unpaired) electrons. The van der Waals surface area contributed by atoms with Gasteiger partial charge in [0.05, 0.1) is 12.2 Å². The number of unbranched alkanes of at least 4 members (excludes halogenated alkanes) is 2. The van der Waals surface area contributed by atoms with Crippen LogP contribution in [0.5, 0.6) is 0 Å². The van der Waals surface area contributed by atoms with E-state index in [0.717, 1.165) is 0 Å². The maximum atomic E-state index is 11.2. The maximum absolute atomic E-state index is 11.2. The van der Waals surface area contributed by atoms with Crippen LogP contribution in [-0.2, 0) is 14.3 Å². The average Bonchev–Trinajstić information content (AvgIpc) is 2.71. The summed E-state index contributed by atoms with van der Waals surface area (Å²) in [7, 11) is 0. The second-order valence-corrected chi connectivity index (χ2v) is 7.14. The Morgan fingerprint density at radius 3 is 1.87 bits per heavy atom. The Labute approximate surface area is 184 Å². The van der Waals surface area contributed by atoms with Crippen LogP contribution >= 0.6 is 0 Å². The minimum absolute atomic E-state index is 0.0981. The Balaban J connectivity index is -0.000000692. The van der Waals surface area contributed by atoms with E-state index >= 15 is 0 Å². The van der Waals surface area contributed by atoms with Crippen LogP contribution in [0.2, 0.25) is 0 Å². The second kappa shape index (κ2) is 20.2. The molecule has 8 heteroatoms. The van der Waals surface area contributed by atoms with Gasteiger partial charge in [-0.1, -0.05) is 60.8 Å². The predicted octanol–water partition coefficient (Wildman–Crippen LogP) is 2.36. The fourth-order valence-corrected chi connectivity index (χ4v) is 2.57. The van der Waals surface area contributed by atoms with Crippen molar-refractivity contribution in [3.8, 4) is 0 Å². The molecule has 1 fully saturated rings. The fourth-order valence-electron chi connectivity index (χ4n) is 2.57. The highest BCUT2D eigenvalue weighted by Crippen LogP contribution is 2.27. The summed E-state index contributed by atoms with van der Waals surface area (Å²) in [5, 5.41) is 40.6. The molecule has 1 amide bonds. The van der Waals surface area contributed by atoms with E-state index in [4.69, 9.17) is 14.6 Å². The topological polar surface area (TPSA) is 128 Å². The number of aliphatic hydroxyl groups excluding tert-OH is 4. The van der Waals surface area contributed by atoms with Crippen molar-refractivity contribution < 1.29 is 34.7 Å². The molecule has 30 heavy (non-hydrogen) atoms. The molecule has 0 bridgehead atoms. The van der Waals surface area contributed by atoms with E-state index in [1.54, 1.807) is 13.8 Å². The molecule has 1 saturated heterocycles. The van der Waals surface area contributed by atoms with E-state index in [1.807, 2.05) is 27.7 Å². The minimum Gasteiger partial charge on any atom is -0.396 e. The summed E-state index contributed by atoms with van der Waals surface area (Å²) in [5.41, 5.74) is -0.766. The van der Waals surface area contributed by atoms with E-state index in [-0.39, 0.29) is 6.61 Å². The van der Waals surface area contributed by atoms with Crippen LogP contribution in [0.1, 0.15) is 88.0 Å². The largest absolute Gasteiger partial charge is 0.396 e. The van der Waals surface area contributed by atoms with Crippen LogP contribution in [0, 0.1) is 0 Å². The first-order valence-electron chi connectivity index (χ1n) is 11.3. The Hall–Kier alpha value is -0.770. The lowest BCUT2D eigenvalue weighted by Crippen LogP contribution is -2.65. The molecule has 1 heterocycles. The number of ether oxygens (including phenoxy) is 2. The van der Waals surface area contributed by atoms with Gasteiger partial charge in [-0.05, 0) is 20.3 Å². The van der Waals surface area contributed by atoms with Crippen molar-refractivity contribution >= 4 is 5.91 Å². The molecule has 0 aromatic rings. The van der Waals surface area contributed by atoms with Gasteiger partial charge in [-0.2, -0.15) is 0 Å². The van der Waals surface area contributed by atoms with Crippen molar-refractivity contribution in [2.45, 2.75) is 124 Å². The van der Waals surface area contributed by atoms with Gasteiger partial charge in [-0.25, -0.2) is 0 Å². The predicted molar refractivity (Wildman–Crippen MR) is 120 cm³/mol. The van der Waals surface area contributed by atoms with Gasteiger partial charge in [0.1, 0.15) is 24.4 Å². The standard InChI is InChI=1S/C13H25NO7.C5H12.2C2H6/c1-7(17)14-9-11(19)10(18)8(6-16)20-12(9)21-13(2,3)4-5-15;1-3-5-4-2;2*1-2/h8-12,15-16,18-19H,4-6H2,1-3H3,(H,14,17);3-5H2,1-2H3;2*1-2H3. The molecule has 5 N–H and O–H groups in total. The van der Waals surface area contributed by atoms with Crippen LogP contribution < -0.4 is 5.32 Å². The Morgan fingerprint density at radius 1 is 1.03 bits per heavy atom. The van der Waals surface area contributed by atoms with Gasteiger partial charge in [0.15, 0.2) is 6.29 Å². The minimum atomic E-state index is -1.34. The number of aliphatic hydroxyl groups is 4. The van der Waals surface area contributed by atoms with Crippen LogP contribution in [0.4, 0.5) is 0 Å². The molecule has 5 unspecified atom stereocenters. The average molecular weight is 440 g/mol. The lowest BCUT2D eigenvalue weighted by atomic mass is 9.96. The summed E-state index contributed by atoms with van der Waals surface area (Å²) < 4.78 is 11.1. The summed E-state index contributed by atoms with van der Waals surface area (Å²) >= 11 is 0. The lowest BCUT2D eigenvalue weighted by molar-refractivity contribution is -0.296. The highest BCUT2D eigenvalue weighted by Gasteiger charge is 2.46. The monoisotopic (exact) mass is 439 g/mol. The fraction of sp³-hybridized carbons (Fsp3) is 0.955. The molecule has 0 saturated carbocycles. The molecule has 0 aliphatic carbocycles. The molecule has 184 valence electrons. The van der Waals surface area contributed by atoms with Gasteiger partial charge in [0, 0.05) is 13.5 Å². The van der Waals surface area contributed by atoms with Crippen molar-refractivity contribution in [1.29, 1.82) is 0 Å². The number of hydrogen-bond donors (Lipinski definition) is 5. The van der Waals surface area contributed by atoms with Gasteiger partial charge < -0.3 is 35.2 Å². The first-order valence-corrected chi connectivity index (χ1v) is 11.3. The van der Waals surface area contributed by atoms with Crippen LogP contribution in [0.3, 0.4) is 0 Å². The molecule has 8 nitrogen and oxygen atoms in total. The lowest BCUT2D eigenvalue weighted by Gasteiger charge is -2.44. The molecule has 0 spiro atoms. The summed E-state index contributed by atoms with van der Waals surface area (Å²) in [6.07, 6.45) is -0.344. The summed E-state index contributed by atoms with van der Waals surface area (Å²) in [4.78, 5) is 11.2. The zero-order chi connectivity index (χ0) is 24.3. The summed E-state index contributed by atoms with van der Waals surface area (Å²) in [5.74, 6) is -0.411. The molecule has 0 aromatic carbocycles. The van der Waals surface area contributed by atoms with Crippen molar-refractivity contribution in [1.82, 2.24) is 5.32 Å². The van der Waals surface area contributed by atoms with E-state index < -0.39 is 48.8 Å². The molecule has 1 rings (SSSR count). The van der Waals surface area contributed by atoms with Gasteiger partial charge >= 0.3 is 0 Å². The van der Waals surface area contributed by atoms with Crippen molar-refractivity contribution in [2.75, 3.05) is 13.2 Å². The number of carbonyl (C=O) groups excluding carboxylic acids is 1. The van der Waals surface area contributed by atoms with Gasteiger partial charge in [-0.15, -0.1) is 0 Å². The van der Waals surface area contributed by atoms with Crippen LogP contribution in [0.15, 0.2) is 0 Å². The third kappa shape index (κ3) is 14.3. The zero-order valence-electron chi connectivity index (χ0n) is 20.6. The van der Waals surface area contributed by atoms with Gasteiger partial charge in [0.2, 0.25) is 5.91 Å². The third-order valence-electron chi connectivity index (χ3n) is 4.11. The van der Waals surface area contributed by atoms with E-state index in [9.17, 15) is 20.1 Å². The van der Waals surface area contributed by atoms with E-state index in [2.05, 4.69) is 19.2 Å². The van der Waals surface area contributed by atoms with Crippen LogP contribution in [0.25, 0.3) is 0 Å². The summed E-state index contributed by atoms with van der Waals surface area (Å²) in [6.45, 7) is 16.6. The van der Waals surface area contributed by atoms with Crippen molar-refractivity contribution in [2.24, 2.45) is 0 Å². The first kappa shape index (κ1) is 33.9. The van der Waals surface area contributed by atoms with Crippen molar-refractivity contribution in [3.63, 3.8) is 0 Å². The SMILES string of the molecule is CC.CC.CC(=O)NC1C(OC(C)(C)CCO)OC(CO)C(O)C1O.CCCCC. The molecular weight excluding hydrogens is 390 g/mol. The number of rotatable bonds is 8. The first-order chi connectivity index (χ1) is 14.1. The number of carbonyl (C=O) groups is 1. The smallest absolute Gasteiger partial charge is 0.217 e. The number of amides is 1. The highest BCUT2D eigenvalue weighted by atomic mass is 16.7. The van der Waals surface area contributed by atoms with Crippen LogP contribution in [-0.4, -0.2) is 75.8 Å².